The fourth-order valence-electron chi connectivity index (χ4n) is 2.96. The van der Waals surface area contributed by atoms with Crippen molar-refractivity contribution in [3.63, 3.8) is 0 Å². The highest BCUT2D eigenvalue weighted by Crippen LogP contribution is 2.32. The predicted molar refractivity (Wildman–Crippen MR) is 96.0 cm³/mol. The molecule has 0 saturated heterocycles. The standard InChI is InChI=1S/C18H34N2O6/c1-19(2)15(21)9-11-25-17(23)13-7-5-6-8-14(13)18(24)26-12-10-16(22)20(3)4/h13-16,21-22H,5-12H2,1-4H3. The maximum atomic E-state index is 12.4. The van der Waals surface area contributed by atoms with E-state index in [-0.39, 0.29) is 13.2 Å². The lowest BCUT2D eigenvalue weighted by Crippen LogP contribution is -2.36. The van der Waals surface area contributed by atoms with Crippen LogP contribution in [0.1, 0.15) is 38.5 Å². The van der Waals surface area contributed by atoms with Crippen molar-refractivity contribution in [1.82, 2.24) is 9.80 Å². The summed E-state index contributed by atoms with van der Waals surface area (Å²) in [5, 5.41) is 19.4. The average Bonchev–Trinajstić information content (AvgIpc) is 2.60. The van der Waals surface area contributed by atoms with Gasteiger partial charge in [0.25, 0.3) is 0 Å². The van der Waals surface area contributed by atoms with Crippen LogP contribution in [0.15, 0.2) is 0 Å². The molecule has 0 aromatic heterocycles. The summed E-state index contributed by atoms with van der Waals surface area (Å²) in [5.41, 5.74) is 0. The second-order valence-electron chi connectivity index (χ2n) is 7.30. The van der Waals surface area contributed by atoms with Crippen LogP contribution in [0.3, 0.4) is 0 Å². The van der Waals surface area contributed by atoms with Crippen molar-refractivity contribution in [2.24, 2.45) is 11.8 Å². The van der Waals surface area contributed by atoms with E-state index >= 15 is 0 Å². The average molecular weight is 374 g/mol. The highest BCUT2D eigenvalue weighted by atomic mass is 16.5. The van der Waals surface area contributed by atoms with Gasteiger partial charge in [-0.3, -0.25) is 19.4 Å². The summed E-state index contributed by atoms with van der Waals surface area (Å²) < 4.78 is 10.6. The van der Waals surface area contributed by atoms with Crippen LogP contribution in [0.4, 0.5) is 0 Å². The SMILES string of the molecule is CN(C)C(O)CCOC(=O)C1CCCCC1C(=O)OCCC(O)N(C)C. The van der Waals surface area contributed by atoms with E-state index in [0.29, 0.717) is 25.7 Å². The molecular weight excluding hydrogens is 340 g/mol. The topological polar surface area (TPSA) is 99.5 Å². The molecule has 0 aromatic rings. The Morgan fingerprint density at radius 1 is 0.846 bits per heavy atom. The van der Waals surface area contributed by atoms with E-state index in [1.54, 1.807) is 38.0 Å². The van der Waals surface area contributed by atoms with Crippen LogP contribution in [0.5, 0.6) is 0 Å². The Morgan fingerprint density at radius 3 is 1.50 bits per heavy atom. The fraction of sp³-hybridized carbons (Fsp3) is 0.889. The predicted octanol–water partition coefficient (Wildman–Crippen LogP) is 0.419. The Hall–Kier alpha value is -1.22. The molecule has 0 bridgehead atoms. The summed E-state index contributed by atoms with van der Waals surface area (Å²) in [5.74, 6) is -1.78. The Balaban J connectivity index is 2.47. The molecule has 0 amide bonds. The van der Waals surface area contributed by atoms with Gasteiger partial charge in [-0.2, -0.15) is 0 Å². The van der Waals surface area contributed by atoms with Gasteiger partial charge in [0.15, 0.2) is 0 Å². The van der Waals surface area contributed by atoms with Gasteiger partial charge in [-0.25, -0.2) is 0 Å². The number of carbonyl (C=O) groups is 2. The van der Waals surface area contributed by atoms with Crippen molar-refractivity contribution in [3.8, 4) is 0 Å². The van der Waals surface area contributed by atoms with Crippen LogP contribution in [-0.2, 0) is 19.1 Å². The van der Waals surface area contributed by atoms with Gasteiger partial charge < -0.3 is 19.7 Å². The molecule has 1 aliphatic carbocycles. The normalized spacial score (nSPS) is 22.9. The molecule has 26 heavy (non-hydrogen) atoms. The molecular formula is C18H34N2O6. The smallest absolute Gasteiger partial charge is 0.309 e. The van der Waals surface area contributed by atoms with Crippen LogP contribution < -0.4 is 0 Å². The number of carbonyl (C=O) groups excluding carboxylic acids is 2. The third-order valence-corrected chi connectivity index (χ3v) is 4.80. The quantitative estimate of drug-likeness (QED) is 0.419. The van der Waals surface area contributed by atoms with E-state index in [1.807, 2.05) is 0 Å². The van der Waals surface area contributed by atoms with E-state index in [2.05, 4.69) is 0 Å². The van der Waals surface area contributed by atoms with Gasteiger partial charge in [0.05, 0.1) is 25.0 Å². The zero-order valence-electron chi connectivity index (χ0n) is 16.4. The summed E-state index contributed by atoms with van der Waals surface area (Å²) in [6.07, 6.45) is 2.28. The van der Waals surface area contributed by atoms with E-state index in [1.165, 1.54) is 0 Å². The maximum Gasteiger partial charge on any atom is 0.309 e. The minimum absolute atomic E-state index is 0.117. The van der Waals surface area contributed by atoms with Crippen LogP contribution in [0.25, 0.3) is 0 Å². The minimum atomic E-state index is -0.668. The van der Waals surface area contributed by atoms with Gasteiger partial charge >= 0.3 is 11.9 Å². The third-order valence-electron chi connectivity index (χ3n) is 4.80. The molecule has 4 atom stereocenters. The van der Waals surface area contributed by atoms with Gasteiger partial charge in [-0.1, -0.05) is 12.8 Å². The lowest BCUT2D eigenvalue weighted by Gasteiger charge is -2.28. The van der Waals surface area contributed by atoms with Gasteiger partial charge in [-0.15, -0.1) is 0 Å². The van der Waals surface area contributed by atoms with Crippen molar-refractivity contribution in [1.29, 1.82) is 0 Å². The number of hydrogen-bond donors (Lipinski definition) is 2. The molecule has 1 fully saturated rings. The Morgan fingerprint density at radius 2 is 1.19 bits per heavy atom. The number of nitrogens with zero attached hydrogens (tertiary/aromatic N) is 2. The van der Waals surface area contributed by atoms with Crippen LogP contribution in [0.2, 0.25) is 0 Å². The van der Waals surface area contributed by atoms with E-state index in [9.17, 15) is 19.8 Å². The first-order valence-electron chi connectivity index (χ1n) is 9.26. The number of esters is 2. The summed E-state index contributed by atoms with van der Waals surface area (Å²) in [4.78, 5) is 28.0. The van der Waals surface area contributed by atoms with Crippen molar-refractivity contribution < 1.29 is 29.3 Å². The van der Waals surface area contributed by atoms with Gasteiger partial charge in [0.2, 0.25) is 0 Å². The molecule has 0 spiro atoms. The first kappa shape index (κ1) is 22.8. The Kier molecular flexibility index (Phi) is 10.1. The summed E-state index contributed by atoms with van der Waals surface area (Å²) in [6, 6.07) is 0. The van der Waals surface area contributed by atoms with Gasteiger partial charge in [0.1, 0.15) is 12.5 Å². The Labute approximate surface area is 156 Å². The van der Waals surface area contributed by atoms with Crippen LogP contribution in [0, 0.1) is 11.8 Å². The zero-order chi connectivity index (χ0) is 19.7. The van der Waals surface area contributed by atoms with Crippen molar-refractivity contribution in [3.05, 3.63) is 0 Å². The molecule has 152 valence electrons. The molecule has 2 N–H and O–H groups in total. The lowest BCUT2D eigenvalue weighted by molar-refractivity contribution is -0.164. The van der Waals surface area contributed by atoms with Gasteiger partial charge in [-0.05, 0) is 41.0 Å². The number of ether oxygens (including phenoxy) is 2. The molecule has 8 heteroatoms. The third kappa shape index (κ3) is 7.57. The highest BCUT2D eigenvalue weighted by Gasteiger charge is 2.38. The number of aliphatic hydroxyl groups is 2. The molecule has 0 heterocycles. The molecule has 0 aromatic carbocycles. The Bertz CT molecular complexity index is 403. The number of aliphatic hydroxyl groups excluding tert-OH is 2. The maximum absolute atomic E-state index is 12.4. The first-order chi connectivity index (χ1) is 12.2. The summed E-state index contributed by atoms with van der Waals surface area (Å²) >= 11 is 0. The van der Waals surface area contributed by atoms with Gasteiger partial charge in [0, 0.05) is 12.8 Å². The molecule has 1 rings (SSSR count). The van der Waals surface area contributed by atoms with Crippen LogP contribution >= 0.6 is 0 Å². The van der Waals surface area contributed by atoms with E-state index in [4.69, 9.17) is 9.47 Å². The molecule has 0 radical (unpaired) electrons. The largest absolute Gasteiger partial charge is 0.465 e. The minimum Gasteiger partial charge on any atom is -0.465 e. The molecule has 8 nitrogen and oxygen atoms in total. The van der Waals surface area contributed by atoms with Crippen LogP contribution in [-0.4, -0.2) is 85.8 Å². The molecule has 1 saturated carbocycles. The molecule has 1 aliphatic rings. The molecule has 0 aliphatic heterocycles. The van der Waals surface area contributed by atoms with E-state index < -0.39 is 36.2 Å². The van der Waals surface area contributed by atoms with E-state index in [0.717, 1.165) is 12.8 Å². The number of rotatable bonds is 10. The zero-order valence-corrected chi connectivity index (χ0v) is 16.4. The summed E-state index contributed by atoms with van der Waals surface area (Å²) in [6.45, 7) is 0.233. The molecule has 4 unspecified atom stereocenters. The second kappa shape index (κ2) is 11.5. The highest BCUT2D eigenvalue weighted by molar-refractivity contribution is 5.82. The first-order valence-corrected chi connectivity index (χ1v) is 9.26. The summed E-state index contributed by atoms with van der Waals surface area (Å²) in [7, 11) is 6.97. The fourth-order valence-corrected chi connectivity index (χ4v) is 2.96. The van der Waals surface area contributed by atoms with Crippen molar-refractivity contribution in [2.45, 2.75) is 51.0 Å². The van der Waals surface area contributed by atoms with Crippen molar-refractivity contribution in [2.75, 3.05) is 41.4 Å². The van der Waals surface area contributed by atoms with Crippen molar-refractivity contribution >= 4 is 11.9 Å². The number of hydrogen-bond acceptors (Lipinski definition) is 8. The monoisotopic (exact) mass is 374 g/mol. The second-order valence-corrected chi connectivity index (χ2v) is 7.30. The lowest BCUT2D eigenvalue weighted by atomic mass is 9.79.